The maximum absolute atomic E-state index is 9.29. The maximum Gasteiger partial charge on any atom is 0.159 e. The van der Waals surface area contributed by atoms with Crippen molar-refractivity contribution in [2.45, 2.75) is 44.9 Å². The standard InChI is InChI=1S/C15H19N5O/c1-8-16-9(2)20(19-8)14-6-13(12-5-11(12)7-21)17-15(18-14)10-3-4-10/h6,10-12,21H,3-5,7H2,1-2H3/t11-,12?/m1/s1. The molecule has 2 atom stereocenters. The number of nitrogens with zero attached hydrogens (tertiary/aromatic N) is 5. The third kappa shape index (κ3) is 2.33. The van der Waals surface area contributed by atoms with E-state index in [1.54, 1.807) is 4.68 Å². The van der Waals surface area contributed by atoms with E-state index in [9.17, 15) is 5.11 Å². The number of hydrogen-bond donors (Lipinski definition) is 1. The second kappa shape index (κ2) is 4.59. The van der Waals surface area contributed by atoms with Crippen LogP contribution in [0.2, 0.25) is 0 Å². The molecule has 0 radical (unpaired) electrons. The molecular weight excluding hydrogens is 266 g/mol. The number of aliphatic hydroxyl groups excluding tert-OH is 1. The second-order valence-electron chi connectivity index (χ2n) is 6.19. The monoisotopic (exact) mass is 285 g/mol. The van der Waals surface area contributed by atoms with E-state index < -0.39 is 0 Å². The van der Waals surface area contributed by atoms with Gasteiger partial charge in [0.2, 0.25) is 0 Å². The van der Waals surface area contributed by atoms with Crippen LogP contribution in [0.15, 0.2) is 6.07 Å². The van der Waals surface area contributed by atoms with Crippen LogP contribution in [0, 0.1) is 19.8 Å². The molecule has 2 saturated carbocycles. The molecule has 110 valence electrons. The summed E-state index contributed by atoms with van der Waals surface area (Å²) in [5.41, 5.74) is 1.05. The van der Waals surface area contributed by atoms with Crippen molar-refractivity contribution >= 4 is 0 Å². The molecular formula is C15H19N5O. The lowest BCUT2D eigenvalue weighted by atomic mass is 10.2. The highest BCUT2D eigenvalue weighted by molar-refractivity contribution is 5.31. The van der Waals surface area contributed by atoms with Crippen LogP contribution in [0.4, 0.5) is 0 Å². The molecule has 4 rings (SSSR count). The van der Waals surface area contributed by atoms with Crippen molar-refractivity contribution in [1.29, 1.82) is 0 Å². The van der Waals surface area contributed by atoms with Crippen molar-refractivity contribution < 1.29 is 5.11 Å². The van der Waals surface area contributed by atoms with Crippen molar-refractivity contribution in [3.05, 3.63) is 29.2 Å². The molecule has 1 unspecified atom stereocenters. The van der Waals surface area contributed by atoms with Crippen molar-refractivity contribution in [3.8, 4) is 5.82 Å². The quantitative estimate of drug-likeness (QED) is 0.924. The SMILES string of the molecule is Cc1nc(C)n(-c2cc(C3C[C@@H]3CO)nc(C3CC3)n2)n1. The second-order valence-corrected chi connectivity index (χ2v) is 6.19. The van der Waals surface area contributed by atoms with Gasteiger partial charge in [-0.15, -0.1) is 5.10 Å². The molecule has 0 aliphatic heterocycles. The summed E-state index contributed by atoms with van der Waals surface area (Å²) >= 11 is 0. The van der Waals surface area contributed by atoms with Crippen LogP contribution in [0.3, 0.4) is 0 Å². The van der Waals surface area contributed by atoms with Gasteiger partial charge in [-0.3, -0.25) is 0 Å². The fourth-order valence-electron chi connectivity index (χ4n) is 2.84. The Labute approximate surface area is 123 Å². The lowest BCUT2D eigenvalue weighted by Crippen LogP contribution is -2.08. The maximum atomic E-state index is 9.29. The van der Waals surface area contributed by atoms with Crippen LogP contribution < -0.4 is 0 Å². The molecule has 6 heteroatoms. The molecule has 2 aromatic rings. The average Bonchev–Trinajstić information content (AvgIpc) is 3.37. The predicted octanol–water partition coefficient (Wildman–Crippen LogP) is 1.65. The van der Waals surface area contributed by atoms with E-state index >= 15 is 0 Å². The van der Waals surface area contributed by atoms with Gasteiger partial charge >= 0.3 is 0 Å². The average molecular weight is 285 g/mol. The highest BCUT2D eigenvalue weighted by Crippen LogP contribution is 2.47. The highest BCUT2D eigenvalue weighted by Gasteiger charge is 2.40. The van der Waals surface area contributed by atoms with Crippen molar-refractivity contribution in [1.82, 2.24) is 24.7 Å². The summed E-state index contributed by atoms with van der Waals surface area (Å²) in [5.74, 6) is 4.56. The smallest absolute Gasteiger partial charge is 0.159 e. The lowest BCUT2D eigenvalue weighted by Gasteiger charge is -2.08. The van der Waals surface area contributed by atoms with Crippen LogP contribution >= 0.6 is 0 Å². The number of aromatic nitrogens is 5. The first-order valence-electron chi connectivity index (χ1n) is 7.56. The third-order valence-corrected chi connectivity index (χ3v) is 4.32. The van der Waals surface area contributed by atoms with Crippen LogP contribution in [0.1, 0.15) is 54.3 Å². The van der Waals surface area contributed by atoms with Gasteiger partial charge in [0.1, 0.15) is 17.5 Å². The van der Waals surface area contributed by atoms with Gasteiger partial charge in [-0.1, -0.05) is 0 Å². The summed E-state index contributed by atoms with van der Waals surface area (Å²) in [6.07, 6.45) is 3.37. The zero-order valence-electron chi connectivity index (χ0n) is 12.3. The first kappa shape index (κ1) is 12.9. The zero-order valence-corrected chi connectivity index (χ0v) is 12.3. The molecule has 21 heavy (non-hydrogen) atoms. The minimum absolute atomic E-state index is 0.240. The van der Waals surface area contributed by atoms with Crippen LogP contribution in [0.5, 0.6) is 0 Å². The highest BCUT2D eigenvalue weighted by atomic mass is 16.3. The van der Waals surface area contributed by atoms with E-state index in [1.807, 2.05) is 19.9 Å². The van der Waals surface area contributed by atoms with Gasteiger partial charge in [0.15, 0.2) is 5.82 Å². The molecule has 2 fully saturated rings. The Morgan fingerprint density at radius 1 is 1.24 bits per heavy atom. The minimum Gasteiger partial charge on any atom is -0.396 e. The zero-order chi connectivity index (χ0) is 14.6. The van der Waals surface area contributed by atoms with Gasteiger partial charge in [0, 0.05) is 30.2 Å². The summed E-state index contributed by atoms with van der Waals surface area (Å²) in [6.45, 7) is 4.06. The van der Waals surface area contributed by atoms with E-state index in [-0.39, 0.29) is 6.61 Å². The van der Waals surface area contributed by atoms with Crippen LogP contribution in [-0.4, -0.2) is 36.4 Å². The van der Waals surface area contributed by atoms with Crippen molar-refractivity contribution in [2.75, 3.05) is 6.61 Å². The molecule has 2 heterocycles. The Hall–Kier alpha value is -1.82. The first-order valence-corrected chi connectivity index (χ1v) is 7.56. The van der Waals surface area contributed by atoms with E-state index in [1.165, 1.54) is 12.8 Å². The van der Waals surface area contributed by atoms with Crippen molar-refractivity contribution in [2.24, 2.45) is 5.92 Å². The molecule has 0 aromatic carbocycles. The number of aliphatic hydroxyl groups is 1. The van der Waals surface area contributed by atoms with E-state index in [4.69, 9.17) is 4.98 Å². The number of aryl methyl sites for hydroxylation is 2. The van der Waals surface area contributed by atoms with Gasteiger partial charge < -0.3 is 5.11 Å². The molecule has 2 aliphatic rings. The Kier molecular flexibility index (Phi) is 2.82. The first-order chi connectivity index (χ1) is 10.2. The Morgan fingerprint density at radius 3 is 2.62 bits per heavy atom. The molecule has 2 aromatic heterocycles. The van der Waals surface area contributed by atoms with Crippen LogP contribution in [0.25, 0.3) is 5.82 Å². The molecule has 6 nitrogen and oxygen atoms in total. The minimum atomic E-state index is 0.240. The normalized spacial score (nSPS) is 24.3. The number of rotatable bonds is 4. The van der Waals surface area contributed by atoms with E-state index in [0.29, 0.717) is 17.8 Å². The van der Waals surface area contributed by atoms with Gasteiger partial charge in [-0.2, -0.15) is 4.68 Å². The molecule has 0 amide bonds. The summed E-state index contributed by atoms with van der Waals surface area (Å²) in [7, 11) is 0. The topological polar surface area (TPSA) is 76.7 Å². The lowest BCUT2D eigenvalue weighted by molar-refractivity contribution is 0.273. The molecule has 0 spiro atoms. The number of hydrogen-bond acceptors (Lipinski definition) is 5. The summed E-state index contributed by atoms with van der Waals surface area (Å²) in [6, 6.07) is 2.01. The Bertz CT molecular complexity index is 691. The molecule has 2 aliphatic carbocycles. The van der Waals surface area contributed by atoms with Crippen LogP contribution in [-0.2, 0) is 0 Å². The Morgan fingerprint density at radius 2 is 2.05 bits per heavy atom. The fourth-order valence-corrected chi connectivity index (χ4v) is 2.84. The fraction of sp³-hybridized carbons (Fsp3) is 0.600. The van der Waals surface area contributed by atoms with E-state index in [0.717, 1.165) is 35.4 Å². The van der Waals surface area contributed by atoms with Gasteiger partial charge in [0.05, 0.1) is 0 Å². The van der Waals surface area contributed by atoms with Crippen molar-refractivity contribution in [3.63, 3.8) is 0 Å². The van der Waals surface area contributed by atoms with E-state index in [2.05, 4.69) is 15.1 Å². The summed E-state index contributed by atoms with van der Waals surface area (Å²) in [4.78, 5) is 13.8. The molecule has 0 bridgehead atoms. The van der Waals surface area contributed by atoms with Gasteiger partial charge in [-0.25, -0.2) is 15.0 Å². The molecule has 0 saturated heterocycles. The largest absolute Gasteiger partial charge is 0.396 e. The third-order valence-electron chi connectivity index (χ3n) is 4.32. The van der Waals surface area contributed by atoms with Gasteiger partial charge in [-0.05, 0) is 39.0 Å². The summed E-state index contributed by atoms with van der Waals surface area (Å²) < 4.78 is 1.79. The molecule has 1 N–H and O–H groups in total. The summed E-state index contributed by atoms with van der Waals surface area (Å²) in [5, 5.41) is 13.7. The van der Waals surface area contributed by atoms with Gasteiger partial charge in [0.25, 0.3) is 0 Å². The predicted molar refractivity (Wildman–Crippen MR) is 76.3 cm³/mol. The Balaban J connectivity index is 1.77.